The molecular formula is C40H55FN6O3S. The van der Waals surface area contributed by atoms with Crippen molar-refractivity contribution in [2.45, 2.75) is 75.2 Å². The lowest BCUT2D eigenvalue weighted by molar-refractivity contribution is -0.137. The third-order valence-electron chi connectivity index (χ3n) is 10.9. The second-order valence-corrected chi connectivity index (χ2v) is 16.4. The molecule has 0 radical (unpaired) electrons. The van der Waals surface area contributed by atoms with Crippen LogP contribution in [0.1, 0.15) is 66.4 Å². The van der Waals surface area contributed by atoms with E-state index < -0.39 is 10.6 Å². The van der Waals surface area contributed by atoms with Gasteiger partial charge in [-0.15, -0.1) is 11.8 Å². The Balaban J connectivity index is 0.00000217. The average Bonchev–Trinajstić information content (AvgIpc) is 3.31. The van der Waals surface area contributed by atoms with Crippen LogP contribution < -0.4 is 10.2 Å². The monoisotopic (exact) mass is 718 g/mol. The topological polar surface area (TPSA) is 79.4 Å². The molecule has 0 unspecified atom stereocenters. The molecule has 0 aromatic heterocycles. The van der Waals surface area contributed by atoms with Crippen LogP contribution >= 0.6 is 11.8 Å². The van der Waals surface area contributed by atoms with Crippen LogP contribution in [0.15, 0.2) is 72.8 Å². The number of nitrogens with zero attached hydrogens (tertiary/aromatic N) is 5. The minimum absolute atomic E-state index is 0. The van der Waals surface area contributed by atoms with E-state index in [9.17, 15) is 14.4 Å². The first-order valence-electron chi connectivity index (χ1n) is 18.3. The summed E-state index contributed by atoms with van der Waals surface area (Å²) < 4.78 is 15.8. The normalized spacial score (nSPS) is 22.2. The van der Waals surface area contributed by atoms with E-state index in [2.05, 4.69) is 42.0 Å². The minimum atomic E-state index is -0.576. The molecule has 4 heterocycles. The van der Waals surface area contributed by atoms with Crippen LogP contribution in [0.5, 0.6) is 0 Å². The Labute approximate surface area is 309 Å². The van der Waals surface area contributed by atoms with Gasteiger partial charge in [-0.1, -0.05) is 60.7 Å². The number of likely N-dealkylation sites (tertiary alicyclic amines) is 1. The number of hydrogen-bond donors (Lipinski definition) is 1. The van der Waals surface area contributed by atoms with Crippen molar-refractivity contribution in [2.24, 2.45) is 0 Å². The molecule has 0 spiro atoms. The second kappa shape index (κ2) is 14.9. The fraction of sp³-hybridized carbons (Fsp3) is 0.475. The van der Waals surface area contributed by atoms with E-state index in [0.29, 0.717) is 57.8 Å². The maximum absolute atomic E-state index is 15.8. The number of nitrogens with one attached hydrogen (secondary N) is 1. The van der Waals surface area contributed by atoms with Crippen LogP contribution in [0.3, 0.4) is 0 Å². The Morgan fingerprint density at radius 2 is 1.59 bits per heavy atom. The number of hydrogen-bond acceptors (Lipinski definition) is 6. The van der Waals surface area contributed by atoms with Crippen LogP contribution in [0.2, 0.25) is 0 Å². The maximum atomic E-state index is 15.8. The van der Waals surface area contributed by atoms with E-state index in [1.54, 1.807) is 6.07 Å². The fourth-order valence-electron chi connectivity index (χ4n) is 8.02. The molecule has 0 aliphatic carbocycles. The lowest BCUT2D eigenvalue weighted by atomic mass is 10.0. The van der Waals surface area contributed by atoms with E-state index in [1.165, 1.54) is 17.8 Å². The zero-order valence-corrected chi connectivity index (χ0v) is 30.7. The van der Waals surface area contributed by atoms with Crippen LogP contribution in [0.4, 0.5) is 20.6 Å². The molecule has 4 aliphatic rings. The van der Waals surface area contributed by atoms with Crippen molar-refractivity contribution in [3.8, 4) is 0 Å². The molecule has 0 saturated carbocycles. The quantitative estimate of drug-likeness (QED) is 0.281. The summed E-state index contributed by atoms with van der Waals surface area (Å²) in [7, 11) is 0. The Kier molecular flexibility index (Phi) is 10.3. The molecule has 3 fully saturated rings. The summed E-state index contributed by atoms with van der Waals surface area (Å²) in [4.78, 5) is 51.3. The maximum Gasteiger partial charge on any atom is 0.322 e. The molecule has 3 saturated heterocycles. The van der Waals surface area contributed by atoms with Gasteiger partial charge in [-0.2, -0.15) is 0 Å². The number of rotatable bonds is 7. The van der Waals surface area contributed by atoms with Gasteiger partial charge in [-0.25, -0.2) is 9.18 Å². The first kappa shape index (κ1) is 35.3. The fourth-order valence-corrected chi connectivity index (χ4v) is 9.49. The predicted molar refractivity (Wildman–Crippen MR) is 207 cm³/mol. The van der Waals surface area contributed by atoms with Crippen LogP contribution in [0.25, 0.3) is 0 Å². The number of piperazine rings is 1. The number of fused-ring (bicyclic) bond motifs is 1. The highest BCUT2D eigenvalue weighted by Crippen LogP contribution is 2.48. The molecule has 7 rings (SSSR count). The number of halogens is 1. The van der Waals surface area contributed by atoms with E-state index >= 15 is 4.39 Å². The standard InChI is InChI=1S/C40H49FN6O3S.3H2/c1-40(2,3)45-24-22-44(23-25-45)36-31(13-9-14-32(36)41)38-47(27-28-10-5-4-6-11-28)37(49)34(51-38)26-35(48)43-19-17-30(18-20-43)46-21-16-29-12-7-8-15-33(29)42-39(46)50;;;/h4-15,30,34,38H,16-27H2,1-3H3,(H,42,50);3*1H/t34-,38-;;;/m0.../s1. The van der Waals surface area contributed by atoms with Crippen molar-refractivity contribution in [3.05, 3.63) is 95.3 Å². The highest BCUT2D eigenvalue weighted by atomic mass is 32.2. The zero-order valence-electron chi connectivity index (χ0n) is 29.9. The summed E-state index contributed by atoms with van der Waals surface area (Å²) in [6, 6.07) is 22.9. The molecule has 51 heavy (non-hydrogen) atoms. The number of benzene rings is 3. The predicted octanol–water partition coefficient (Wildman–Crippen LogP) is 7.10. The highest BCUT2D eigenvalue weighted by Gasteiger charge is 2.44. The lowest BCUT2D eigenvalue weighted by Gasteiger charge is -2.43. The molecule has 4 amide bonds. The number of thioether (sulfide) groups is 1. The van der Waals surface area contributed by atoms with E-state index in [4.69, 9.17) is 0 Å². The SMILES string of the molecule is CC(C)(C)N1CCN(c2c(F)cccc2[C@@H]2S[C@@H](CC(=O)N3CCC(N4CCc5ccccc5NC4=O)CC3)C(=O)N2Cc2ccccc2)CC1.[HH].[HH].[HH]. The number of para-hydroxylation sites is 2. The Morgan fingerprint density at radius 1 is 0.882 bits per heavy atom. The zero-order chi connectivity index (χ0) is 35.7. The van der Waals surface area contributed by atoms with Crippen molar-refractivity contribution < 1.29 is 23.1 Å². The van der Waals surface area contributed by atoms with Crippen molar-refractivity contribution in [3.63, 3.8) is 0 Å². The molecule has 0 bridgehead atoms. The number of amides is 4. The van der Waals surface area contributed by atoms with Crippen LogP contribution in [-0.4, -0.2) is 100 Å². The van der Waals surface area contributed by atoms with E-state index in [0.717, 1.165) is 41.9 Å². The summed E-state index contributed by atoms with van der Waals surface area (Å²) in [6.07, 6.45) is 2.26. The Bertz CT molecular complexity index is 1750. The van der Waals surface area contributed by atoms with Crippen molar-refractivity contribution in [1.82, 2.24) is 19.6 Å². The third-order valence-corrected chi connectivity index (χ3v) is 12.4. The molecule has 9 nitrogen and oxygen atoms in total. The summed E-state index contributed by atoms with van der Waals surface area (Å²) in [6.45, 7) is 11.7. The lowest BCUT2D eigenvalue weighted by Crippen LogP contribution is -2.53. The van der Waals surface area contributed by atoms with Gasteiger partial charge in [-0.05, 0) is 63.3 Å². The van der Waals surface area contributed by atoms with Crippen molar-refractivity contribution in [2.75, 3.05) is 56.0 Å². The van der Waals surface area contributed by atoms with Crippen molar-refractivity contribution >= 4 is 41.0 Å². The third kappa shape index (κ3) is 7.60. The van der Waals surface area contributed by atoms with E-state index in [1.807, 2.05) is 69.3 Å². The molecule has 276 valence electrons. The van der Waals surface area contributed by atoms with Gasteiger partial charge in [0.1, 0.15) is 11.2 Å². The first-order chi connectivity index (χ1) is 24.6. The summed E-state index contributed by atoms with van der Waals surface area (Å²) in [5.74, 6) is -0.426. The smallest absolute Gasteiger partial charge is 0.322 e. The number of carbonyl (C=O) groups is 3. The van der Waals surface area contributed by atoms with Crippen LogP contribution in [-0.2, 0) is 22.6 Å². The molecule has 1 N–H and O–H groups in total. The largest absolute Gasteiger partial charge is 0.366 e. The summed E-state index contributed by atoms with van der Waals surface area (Å²) >= 11 is 1.47. The minimum Gasteiger partial charge on any atom is -0.366 e. The van der Waals surface area contributed by atoms with Gasteiger partial charge < -0.3 is 24.9 Å². The molecule has 11 heteroatoms. The number of anilines is 2. The number of piperidine rings is 1. The number of urea groups is 1. The number of carbonyl (C=O) groups excluding carboxylic acids is 3. The molecule has 3 aromatic rings. The Morgan fingerprint density at radius 3 is 2.31 bits per heavy atom. The summed E-state index contributed by atoms with van der Waals surface area (Å²) in [5, 5.41) is 2.06. The van der Waals surface area contributed by atoms with Gasteiger partial charge >= 0.3 is 6.03 Å². The molecule has 2 atom stereocenters. The first-order valence-corrected chi connectivity index (χ1v) is 19.2. The molecule has 4 aliphatic heterocycles. The second-order valence-electron chi connectivity index (χ2n) is 15.1. The summed E-state index contributed by atoms with van der Waals surface area (Å²) in [5.41, 5.74) is 4.36. The van der Waals surface area contributed by atoms with Gasteiger partial charge in [0.05, 0.1) is 10.9 Å². The van der Waals surface area contributed by atoms with Gasteiger partial charge in [0.25, 0.3) is 0 Å². The molecule has 3 aromatic carbocycles. The molecular weight excluding hydrogens is 664 g/mol. The van der Waals surface area contributed by atoms with Gasteiger partial charge in [-0.3, -0.25) is 14.5 Å². The van der Waals surface area contributed by atoms with Gasteiger partial charge in [0.15, 0.2) is 0 Å². The van der Waals surface area contributed by atoms with Crippen LogP contribution in [0, 0.1) is 5.82 Å². The average molecular weight is 719 g/mol. The van der Waals surface area contributed by atoms with Gasteiger partial charge in [0, 0.05) is 85.9 Å². The van der Waals surface area contributed by atoms with E-state index in [-0.39, 0.29) is 45.9 Å². The van der Waals surface area contributed by atoms with Gasteiger partial charge in [0.2, 0.25) is 11.8 Å². The van der Waals surface area contributed by atoms with Crippen molar-refractivity contribution in [1.29, 1.82) is 0 Å². The Hall–Kier alpha value is -4.09. The highest BCUT2D eigenvalue weighted by molar-refractivity contribution is 8.01.